The minimum Gasteiger partial charge on any atom is -0.348 e. The van der Waals surface area contributed by atoms with Gasteiger partial charge in [0.15, 0.2) is 9.84 Å². The van der Waals surface area contributed by atoms with Crippen LogP contribution < -0.4 is 5.32 Å². The third-order valence-electron chi connectivity index (χ3n) is 4.10. The number of rotatable bonds is 5. The molecule has 1 aromatic carbocycles. The first kappa shape index (κ1) is 17.1. The number of amides is 1. The van der Waals surface area contributed by atoms with E-state index >= 15 is 0 Å². The molecule has 7 heteroatoms. The molecular weight excluding hydrogens is 344 g/mol. The lowest BCUT2D eigenvalue weighted by Crippen LogP contribution is -2.32. The van der Waals surface area contributed by atoms with E-state index in [1.54, 1.807) is 41.7 Å². The smallest absolute Gasteiger partial charge is 0.221 e. The van der Waals surface area contributed by atoms with Gasteiger partial charge in [-0.25, -0.2) is 13.4 Å². The van der Waals surface area contributed by atoms with E-state index in [-0.39, 0.29) is 29.0 Å². The van der Waals surface area contributed by atoms with E-state index in [2.05, 4.69) is 10.3 Å². The molecule has 0 unspecified atom stereocenters. The number of nitrogens with zero attached hydrogens (tertiary/aromatic N) is 1. The number of nitrogens with one attached hydrogen (secondary N) is 1. The Morgan fingerprint density at radius 2 is 2.08 bits per heavy atom. The van der Waals surface area contributed by atoms with Crippen LogP contribution in [0.1, 0.15) is 40.9 Å². The monoisotopic (exact) mass is 364 g/mol. The highest BCUT2D eigenvalue weighted by atomic mass is 32.2. The highest BCUT2D eigenvalue weighted by molar-refractivity contribution is 7.91. The van der Waals surface area contributed by atoms with Crippen molar-refractivity contribution in [3.63, 3.8) is 0 Å². The summed E-state index contributed by atoms with van der Waals surface area (Å²) >= 11 is 1.68. The number of benzene rings is 1. The lowest BCUT2D eigenvalue weighted by molar-refractivity contribution is -0.121. The third kappa shape index (κ3) is 3.84. The van der Waals surface area contributed by atoms with Crippen molar-refractivity contribution < 1.29 is 13.2 Å². The molecule has 0 saturated carbocycles. The maximum atomic E-state index is 12.2. The SMILES string of the molecule is Cc1nc2c(s1)CCC[C@@H]2NC(=O)CCS(=O)(=O)c1ccccc1. The lowest BCUT2D eigenvalue weighted by Gasteiger charge is -2.22. The van der Waals surface area contributed by atoms with Gasteiger partial charge < -0.3 is 5.32 Å². The van der Waals surface area contributed by atoms with E-state index < -0.39 is 9.84 Å². The predicted octanol–water partition coefficient (Wildman–Crippen LogP) is 2.81. The van der Waals surface area contributed by atoms with Gasteiger partial charge in [0.1, 0.15) is 0 Å². The summed E-state index contributed by atoms with van der Waals surface area (Å²) in [6, 6.07) is 8.15. The van der Waals surface area contributed by atoms with Gasteiger partial charge in [-0.3, -0.25) is 4.79 Å². The van der Waals surface area contributed by atoms with Gasteiger partial charge in [0.25, 0.3) is 0 Å². The number of aryl methyl sites for hydroxylation is 2. The van der Waals surface area contributed by atoms with Crippen LogP contribution in [-0.4, -0.2) is 25.1 Å². The van der Waals surface area contributed by atoms with Gasteiger partial charge in [-0.05, 0) is 38.3 Å². The maximum absolute atomic E-state index is 12.2. The molecule has 1 aromatic heterocycles. The van der Waals surface area contributed by atoms with Crippen LogP contribution in [-0.2, 0) is 21.1 Å². The van der Waals surface area contributed by atoms with E-state index in [1.807, 2.05) is 6.92 Å². The van der Waals surface area contributed by atoms with Gasteiger partial charge in [-0.15, -0.1) is 11.3 Å². The summed E-state index contributed by atoms with van der Waals surface area (Å²) in [5.41, 5.74) is 0.961. The van der Waals surface area contributed by atoms with Crippen molar-refractivity contribution in [2.24, 2.45) is 0 Å². The maximum Gasteiger partial charge on any atom is 0.221 e. The molecule has 1 heterocycles. The number of sulfone groups is 1. The number of carbonyl (C=O) groups excluding carboxylic acids is 1. The summed E-state index contributed by atoms with van der Waals surface area (Å²) in [4.78, 5) is 18.2. The van der Waals surface area contributed by atoms with Crippen LogP contribution in [0.15, 0.2) is 35.2 Å². The Balaban J connectivity index is 1.61. The van der Waals surface area contributed by atoms with Gasteiger partial charge in [-0.2, -0.15) is 0 Å². The highest BCUT2D eigenvalue weighted by Gasteiger charge is 2.26. The summed E-state index contributed by atoms with van der Waals surface area (Å²) in [5.74, 6) is -0.420. The van der Waals surface area contributed by atoms with Gasteiger partial charge in [0, 0.05) is 11.3 Å². The van der Waals surface area contributed by atoms with Crippen molar-refractivity contribution in [2.75, 3.05) is 5.75 Å². The first-order valence-corrected chi connectivity index (χ1v) is 10.5. The van der Waals surface area contributed by atoms with Crippen LogP contribution in [0.4, 0.5) is 0 Å². The fourth-order valence-electron chi connectivity index (χ4n) is 2.92. The normalized spacial score (nSPS) is 17.3. The second-order valence-corrected chi connectivity index (χ2v) is 9.33. The Morgan fingerprint density at radius 3 is 2.83 bits per heavy atom. The summed E-state index contributed by atoms with van der Waals surface area (Å²) in [6.45, 7) is 1.97. The first-order chi connectivity index (χ1) is 11.5. The molecule has 1 N–H and O–H groups in total. The molecule has 128 valence electrons. The molecule has 2 aromatic rings. The fourth-order valence-corrected chi connectivity index (χ4v) is 5.22. The predicted molar refractivity (Wildman–Crippen MR) is 93.8 cm³/mol. The van der Waals surface area contributed by atoms with Crippen LogP contribution in [0.3, 0.4) is 0 Å². The average Bonchev–Trinajstić information content (AvgIpc) is 2.95. The van der Waals surface area contributed by atoms with Crippen molar-refractivity contribution in [1.82, 2.24) is 10.3 Å². The Kier molecular flexibility index (Phi) is 5.01. The van der Waals surface area contributed by atoms with Crippen LogP contribution in [0.2, 0.25) is 0 Å². The fraction of sp³-hybridized carbons (Fsp3) is 0.412. The number of fused-ring (bicyclic) bond motifs is 1. The summed E-state index contributed by atoms with van der Waals surface area (Å²) in [6.07, 6.45) is 2.84. The summed E-state index contributed by atoms with van der Waals surface area (Å²) in [7, 11) is -3.43. The van der Waals surface area contributed by atoms with Crippen LogP contribution in [0.5, 0.6) is 0 Å². The molecule has 0 bridgehead atoms. The zero-order valence-electron chi connectivity index (χ0n) is 13.5. The molecule has 3 rings (SSSR count). The lowest BCUT2D eigenvalue weighted by atomic mass is 9.97. The molecule has 1 atom stereocenters. The van der Waals surface area contributed by atoms with Gasteiger partial charge >= 0.3 is 0 Å². The molecule has 0 radical (unpaired) electrons. The minimum absolute atomic E-state index is 0.0355. The van der Waals surface area contributed by atoms with E-state index in [0.717, 1.165) is 30.0 Å². The molecule has 1 aliphatic carbocycles. The van der Waals surface area contributed by atoms with E-state index in [1.165, 1.54) is 4.88 Å². The zero-order valence-corrected chi connectivity index (χ0v) is 15.1. The molecule has 0 saturated heterocycles. The summed E-state index contributed by atoms with van der Waals surface area (Å²) in [5, 5.41) is 3.96. The number of thiazole rings is 1. The van der Waals surface area contributed by atoms with Gasteiger partial charge in [0.05, 0.1) is 27.4 Å². The Hall–Kier alpha value is -1.73. The van der Waals surface area contributed by atoms with Crippen molar-refractivity contribution in [3.05, 3.63) is 45.9 Å². The molecule has 0 fully saturated rings. The Labute approximate surface area is 146 Å². The van der Waals surface area contributed by atoms with Crippen molar-refractivity contribution in [1.29, 1.82) is 0 Å². The number of hydrogen-bond acceptors (Lipinski definition) is 5. The van der Waals surface area contributed by atoms with Crippen LogP contribution in [0, 0.1) is 6.92 Å². The first-order valence-electron chi connectivity index (χ1n) is 7.99. The second kappa shape index (κ2) is 7.03. The molecule has 0 spiro atoms. The number of aromatic nitrogens is 1. The van der Waals surface area contributed by atoms with E-state index in [4.69, 9.17) is 0 Å². The summed E-state index contributed by atoms with van der Waals surface area (Å²) < 4.78 is 24.5. The zero-order chi connectivity index (χ0) is 17.2. The van der Waals surface area contributed by atoms with Crippen molar-refractivity contribution >= 4 is 27.1 Å². The molecule has 1 aliphatic rings. The number of hydrogen-bond donors (Lipinski definition) is 1. The van der Waals surface area contributed by atoms with Crippen molar-refractivity contribution in [2.45, 2.75) is 43.5 Å². The molecular formula is C17H20N2O3S2. The average molecular weight is 364 g/mol. The van der Waals surface area contributed by atoms with Crippen LogP contribution >= 0.6 is 11.3 Å². The molecule has 5 nitrogen and oxygen atoms in total. The van der Waals surface area contributed by atoms with Gasteiger partial charge in [0.2, 0.25) is 5.91 Å². The molecule has 0 aliphatic heterocycles. The quantitative estimate of drug-likeness (QED) is 0.885. The standard InChI is InChI=1S/C17H20N2O3S2/c1-12-18-17-14(8-5-9-15(17)23-12)19-16(20)10-11-24(21,22)13-6-3-2-4-7-13/h2-4,6-7,14H,5,8-11H2,1H3,(H,19,20)/t14-/m0/s1. The molecule has 24 heavy (non-hydrogen) atoms. The highest BCUT2D eigenvalue weighted by Crippen LogP contribution is 2.33. The third-order valence-corrected chi connectivity index (χ3v) is 6.87. The Bertz CT molecular complexity index is 829. The largest absolute Gasteiger partial charge is 0.348 e. The van der Waals surface area contributed by atoms with Gasteiger partial charge in [-0.1, -0.05) is 18.2 Å². The van der Waals surface area contributed by atoms with Crippen molar-refractivity contribution in [3.8, 4) is 0 Å². The second-order valence-electron chi connectivity index (χ2n) is 5.94. The minimum atomic E-state index is -3.43. The molecule has 1 amide bonds. The number of carbonyl (C=O) groups is 1. The Morgan fingerprint density at radius 1 is 1.33 bits per heavy atom. The topological polar surface area (TPSA) is 76.1 Å². The van der Waals surface area contributed by atoms with E-state index in [9.17, 15) is 13.2 Å². The van der Waals surface area contributed by atoms with E-state index in [0.29, 0.717) is 0 Å². The van der Waals surface area contributed by atoms with Crippen LogP contribution in [0.25, 0.3) is 0 Å².